The van der Waals surface area contributed by atoms with Gasteiger partial charge in [-0.2, -0.15) is 0 Å². The van der Waals surface area contributed by atoms with E-state index in [9.17, 15) is 14.7 Å². The number of pyridine rings is 1. The Morgan fingerprint density at radius 2 is 2.23 bits per heavy atom. The van der Waals surface area contributed by atoms with Gasteiger partial charge in [0.15, 0.2) is 0 Å². The van der Waals surface area contributed by atoms with Crippen molar-refractivity contribution in [1.29, 1.82) is 0 Å². The Morgan fingerprint density at radius 3 is 2.82 bits per heavy atom. The van der Waals surface area contributed by atoms with Crippen LogP contribution in [-0.4, -0.2) is 52.6 Å². The van der Waals surface area contributed by atoms with Gasteiger partial charge in [0, 0.05) is 18.8 Å². The lowest BCUT2D eigenvalue weighted by Crippen LogP contribution is -2.56. The Hall–Kier alpha value is -2.06. The second kappa shape index (κ2) is 6.37. The fourth-order valence-electron chi connectivity index (χ4n) is 2.35. The maximum atomic E-state index is 11.1. The van der Waals surface area contributed by atoms with Crippen LogP contribution in [-0.2, 0) is 4.74 Å². The molecule has 1 saturated carbocycles. The predicted molar refractivity (Wildman–Crippen MR) is 78.2 cm³/mol. The predicted octanol–water partition coefficient (Wildman–Crippen LogP) is 1.09. The van der Waals surface area contributed by atoms with Gasteiger partial charge in [0.25, 0.3) is 0 Å². The summed E-state index contributed by atoms with van der Waals surface area (Å²) in [5.41, 5.74) is -0.681. The van der Waals surface area contributed by atoms with Crippen molar-refractivity contribution in [2.45, 2.75) is 24.5 Å². The molecule has 8 nitrogen and oxygen atoms in total. The second-order valence-electron chi connectivity index (χ2n) is 5.18. The third-order valence-corrected chi connectivity index (χ3v) is 3.67. The second-order valence-corrected chi connectivity index (χ2v) is 5.56. The number of aromatic carboxylic acids is 1. The highest BCUT2D eigenvalue weighted by Crippen LogP contribution is 2.35. The minimum atomic E-state index is -1.12. The van der Waals surface area contributed by atoms with E-state index in [0.717, 1.165) is 0 Å². The van der Waals surface area contributed by atoms with Gasteiger partial charge in [-0.05, 0) is 18.9 Å². The number of hydrogen-bond donors (Lipinski definition) is 4. The molecule has 120 valence electrons. The van der Waals surface area contributed by atoms with Crippen LogP contribution in [0.25, 0.3) is 0 Å². The standard InChI is InChI=1S/C13H16ClN3O5/c1-22-12(20)16-6-13(21)3-7(4-13)17-9-2-10(14)15-5-8(9)11(18)19/h2,5,7,21H,3-4,6H2,1H3,(H,15,17)(H,16,20)(H,18,19). The molecule has 1 heterocycles. The zero-order valence-corrected chi connectivity index (χ0v) is 12.6. The third kappa shape index (κ3) is 3.77. The lowest BCUT2D eigenvalue weighted by molar-refractivity contribution is -0.0386. The summed E-state index contributed by atoms with van der Waals surface area (Å²) < 4.78 is 4.43. The van der Waals surface area contributed by atoms with E-state index >= 15 is 0 Å². The normalized spacial score (nSPS) is 23.3. The van der Waals surface area contributed by atoms with E-state index in [-0.39, 0.29) is 23.3 Å². The number of carbonyl (C=O) groups excluding carboxylic acids is 1. The molecule has 0 saturated heterocycles. The molecule has 0 bridgehead atoms. The lowest BCUT2D eigenvalue weighted by Gasteiger charge is -2.44. The number of carboxylic acids is 1. The Balaban J connectivity index is 1.94. The van der Waals surface area contributed by atoms with Crippen LogP contribution in [0.4, 0.5) is 10.5 Å². The molecule has 1 amide bonds. The topological polar surface area (TPSA) is 121 Å². The van der Waals surface area contributed by atoms with Crippen molar-refractivity contribution in [3.8, 4) is 0 Å². The van der Waals surface area contributed by atoms with Crippen molar-refractivity contribution in [3.63, 3.8) is 0 Å². The highest BCUT2D eigenvalue weighted by atomic mass is 35.5. The summed E-state index contributed by atoms with van der Waals surface area (Å²) >= 11 is 5.77. The summed E-state index contributed by atoms with van der Waals surface area (Å²) in [6, 6.07) is 1.30. The number of anilines is 1. The first-order valence-corrected chi connectivity index (χ1v) is 6.90. The molecule has 1 fully saturated rings. The van der Waals surface area contributed by atoms with Crippen LogP contribution in [0.5, 0.6) is 0 Å². The van der Waals surface area contributed by atoms with Crippen LogP contribution in [0.2, 0.25) is 5.15 Å². The van der Waals surface area contributed by atoms with Gasteiger partial charge in [0.2, 0.25) is 0 Å². The zero-order valence-electron chi connectivity index (χ0n) is 11.8. The number of nitrogens with one attached hydrogen (secondary N) is 2. The third-order valence-electron chi connectivity index (χ3n) is 3.46. The first-order chi connectivity index (χ1) is 10.3. The minimum absolute atomic E-state index is 0.00697. The van der Waals surface area contributed by atoms with Crippen molar-refractivity contribution >= 4 is 29.4 Å². The van der Waals surface area contributed by atoms with E-state index in [1.54, 1.807) is 0 Å². The summed E-state index contributed by atoms with van der Waals surface area (Å²) in [4.78, 5) is 25.8. The summed E-state index contributed by atoms with van der Waals surface area (Å²) in [7, 11) is 1.24. The van der Waals surface area contributed by atoms with E-state index in [0.29, 0.717) is 18.5 Å². The molecule has 1 aliphatic carbocycles. The van der Waals surface area contributed by atoms with E-state index in [1.165, 1.54) is 19.4 Å². The van der Waals surface area contributed by atoms with Crippen molar-refractivity contribution in [2.24, 2.45) is 0 Å². The number of hydrogen-bond acceptors (Lipinski definition) is 6. The zero-order chi connectivity index (χ0) is 16.3. The number of aliphatic hydroxyl groups is 1. The molecule has 0 aromatic carbocycles. The van der Waals surface area contributed by atoms with Crippen molar-refractivity contribution < 1.29 is 24.5 Å². The lowest BCUT2D eigenvalue weighted by atomic mass is 9.75. The SMILES string of the molecule is COC(=O)NCC1(O)CC(Nc2cc(Cl)ncc2C(=O)O)C1. The Kier molecular flexibility index (Phi) is 4.72. The Morgan fingerprint density at radius 1 is 1.55 bits per heavy atom. The van der Waals surface area contributed by atoms with Crippen LogP contribution in [0, 0.1) is 0 Å². The molecule has 0 spiro atoms. The van der Waals surface area contributed by atoms with Gasteiger partial charge in [-0.25, -0.2) is 14.6 Å². The van der Waals surface area contributed by atoms with Gasteiger partial charge >= 0.3 is 12.1 Å². The van der Waals surface area contributed by atoms with Gasteiger partial charge in [0.05, 0.1) is 18.4 Å². The first kappa shape index (κ1) is 16.3. The van der Waals surface area contributed by atoms with Gasteiger partial charge in [-0.15, -0.1) is 0 Å². The molecular formula is C13H16ClN3O5. The number of carbonyl (C=O) groups is 2. The molecular weight excluding hydrogens is 314 g/mol. The molecule has 0 unspecified atom stereocenters. The van der Waals surface area contributed by atoms with Crippen LogP contribution in [0.15, 0.2) is 12.3 Å². The summed E-state index contributed by atoms with van der Waals surface area (Å²) in [5.74, 6) is -1.12. The van der Waals surface area contributed by atoms with Gasteiger partial charge in [-0.3, -0.25) is 0 Å². The molecule has 0 radical (unpaired) electrons. The van der Waals surface area contributed by atoms with Crippen LogP contribution >= 0.6 is 11.6 Å². The Bertz CT molecular complexity index is 589. The average Bonchev–Trinajstić information content (AvgIpc) is 2.42. The number of ether oxygens (including phenoxy) is 1. The number of nitrogens with zero attached hydrogens (tertiary/aromatic N) is 1. The number of alkyl carbamates (subject to hydrolysis) is 1. The molecule has 2 rings (SSSR count). The van der Waals surface area contributed by atoms with Gasteiger partial charge in [-0.1, -0.05) is 11.6 Å². The Labute approximate surface area is 131 Å². The highest BCUT2D eigenvalue weighted by molar-refractivity contribution is 6.29. The number of aromatic nitrogens is 1. The molecule has 0 aliphatic heterocycles. The summed E-state index contributed by atoms with van der Waals surface area (Å²) in [6.45, 7) is 0.0702. The monoisotopic (exact) mass is 329 g/mol. The van der Waals surface area contributed by atoms with Crippen LogP contribution in [0.3, 0.4) is 0 Å². The smallest absolute Gasteiger partial charge is 0.406 e. The molecule has 1 aliphatic rings. The quantitative estimate of drug-likeness (QED) is 0.597. The van der Waals surface area contributed by atoms with Crippen molar-refractivity contribution in [2.75, 3.05) is 19.0 Å². The number of amides is 1. The number of rotatable bonds is 5. The highest BCUT2D eigenvalue weighted by Gasteiger charge is 2.43. The molecule has 1 aromatic rings. The fourth-order valence-corrected chi connectivity index (χ4v) is 2.51. The van der Waals surface area contributed by atoms with E-state index in [4.69, 9.17) is 16.7 Å². The minimum Gasteiger partial charge on any atom is -0.478 e. The number of carboxylic acid groups (broad SMARTS) is 1. The van der Waals surface area contributed by atoms with E-state index < -0.39 is 17.7 Å². The fraction of sp³-hybridized carbons (Fsp3) is 0.462. The number of methoxy groups -OCH3 is 1. The summed E-state index contributed by atoms with van der Waals surface area (Å²) in [5, 5.41) is 24.9. The van der Waals surface area contributed by atoms with E-state index in [2.05, 4.69) is 20.4 Å². The first-order valence-electron chi connectivity index (χ1n) is 6.52. The summed E-state index contributed by atoms with van der Waals surface area (Å²) in [6.07, 6.45) is 1.28. The molecule has 9 heteroatoms. The van der Waals surface area contributed by atoms with Crippen molar-refractivity contribution in [3.05, 3.63) is 23.0 Å². The largest absolute Gasteiger partial charge is 0.478 e. The molecule has 4 N–H and O–H groups in total. The van der Waals surface area contributed by atoms with E-state index in [1.807, 2.05) is 0 Å². The van der Waals surface area contributed by atoms with Gasteiger partial charge in [0.1, 0.15) is 10.7 Å². The molecule has 0 atom stereocenters. The maximum Gasteiger partial charge on any atom is 0.406 e. The van der Waals surface area contributed by atoms with Crippen LogP contribution in [0.1, 0.15) is 23.2 Å². The van der Waals surface area contributed by atoms with Crippen LogP contribution < -0.4 is 10.6 Å². The van der Waals surface area contributed by atoms with Crippen molar-refractivity contribution in [1.82, 2.24) is 10.3 Å². The molecule has 22 heavy (non-hydrogen) atoms. The van der Waals surface area contributed by atoms with Gasteiger partial charge < -0.3 is 25.6 Å². The maximum absolute atomic E-state index is 11.1. The average molecular weight is 330 g/mol. The molecule has 1 aromatic heterocycles. The number of halogens is 1.